The molecule has 1 amide bonds. The van der Waals surface area contributed by atoms with Crippen LogP contribution in [0.2, 0.25) is 0 Å². The highest BCUT2D eigenvalue weighted by molar-refractivity contribution is 8.00. The van der Waals surface area contributed by atoms with Gasteiger partial charge in [-0.15, -0.1) is 10.2 Å². The van der Waals surface area contributed by atoms with Gasteiger partial charge in [-0.2, -0.15) is 0 Å². The smallest absolute Gasteiger partial charge is 0.301 e. The van der Waals surface area contributed by atoms with E-state index in [0.29, 0.717) is 52.4 Å². The molecule has 0 radical (unpaired) electrons. The molecule has 9 nitrogen and oxygen atoms in total. The normalized spacial score (nSPS) is 18.6. The Morgan fingerprint density at radius 3 is 2.64 bits per heavy atom. The Labute approximate surface area is 269 Å². The van der Waals surface area contributed by atoms with Crippen molar-refractivity contribution >= 4 is 45.7 Å². The Hall–Kier alpha value is -4.35. The van der Waals surface area contributed by atoms with E-state index in [1.807, 2.05) is 57.2 Å². The molecule has 1 fully saturated rings. The highest BCUT2D eigenvalue weighted by atomic mass is 32.2. The number of carbonyl (C=O) groups is 2. The molecular weight excluding hydrogens is 611 g/mol. The van der Waals surface area contributed by atoms with Gasteiger partial charge in [0.1, 0.15) is 17.6 Å². The number of thioether (sulfide) groups is 1. The molecule has 1 saturated heterocycles. The minimum atomic E-state index is -0.979. The van der Waals surface area contributed by atoms with Gasteiger partial charge in [-0.1, -0.05) is 66.4 Å². The topological polar surface area (TPSA) is 111 Å². The molecule has 0 unspecified atom stereocenters. The fourth-order valence-electron chi connectivity index (χ4n) is 5.44. The number of anilines is 1. The maximum atomic E-state index is 13.8. The molecule has 11 heteroatoms. The molecule has 3 heterocycles. The van der Waals surface area contributed by atoms with Crippen molar-refractivity contribution in [3.05, 3.63) is 94.6 Å². The maximum Gasteiger partial charge on any atom is 0.301 e. The van der Waals surface area contributed by atoms with Crippen molar-refractivity contribution in [2.75, 3.05) is 18.1 Å². The van der Waals surface area contributed by atoms with Gasteiger partial charge < -0.3 is 19.3 Å². The fraction of sp³-hybridized carbons (Fsp3) is 0.294. The highest BCUT2D eigenvalue weighted by Crippen LogP contribution is 2.46. The summed E-state index contributed by atoms with van der Waals surface area (Å²) in [5.41, 5.74) is 3.01. The van der Waals surface area contributed by atoms with Crippen molar-refractivity contribution in [1.82, 2.24) is 10.2 Å². The summed E-state index contributed by atoms with van der Waals surface area (Å²) in [6, 6.07) is 19.6. The summed E-state index contributed by atoms with van der Waals surface area (Å²) in [7, 11) is 0. The summed E-state index contributed by atoms with van der Waals surface area (Å²) in [6.45, 7) is 6.76. The second-order valence-corrected chi connectivity index (χ2v) is 12.9. The van der Waals surface area contributed by atoms with Gasteiger partial charge in [0.25, 0.3) is 5.78 Å². The largest absolute Gasteiger partial charge is 0.507 e. The van der Waals surface area contributed by atoms with Crippen LogP contribution in [0.1, 0.15) is 55.5 Å². The number of rotatable bonds is 11. The van der Waals surface area contributed by atoms with Gasteiger partial charge in [0, 0.05) is 17.7 Å². The number of hydrogen-bond acceptors (Lipinski definition) is 10. The number of aliphatic hydroxyl groups excluding tert-OH is 1. The van der Waals surface area contributed by atoms with Crippen LogP contribution in [-0.4, -0.2) is 46.3 Å². The molecular formula is C34H33N3O6S2. The van der Waals surface area contributed by atoms with Gasteiger partial charge >= 0.3 is 5.91 Å². The molecule has 1 N–H and O–H groups in total. The van der Waals surface area contributed by atoms with Crippen molar-refractivity contribution in [3.8, 4) is 17.2 Å². The van der Waals surface area contributed by atoms with Crippen LogP contribution in [0, 0.1) is 0 Å². The van der Waals surface area contributed by atoms with Gasteiger partial charge in [0.15, 0.2) is 15.8 Å². The van der Waals surface area contributed by atoms with Crippen LogP contribution >= 0.6 is 23.1 Å². The first-order valence-electron chi connectivity index (χ1n) is 14.9. The van der Waals surface area contributed by atoms with Gasteiger partial charge in [0.05, 0.1) is 24.8 Å². The summed E-state index contributed by atoms with van der Waals surface area (Å²) in [5, 5.41) is 20.6. The number of nitrogens with zero attached hydrogens (tertiary/aromatic N) is 3. The lowest BCUT2D eigenvalue weighted by molar-refractivity contribution is -0.132. The summed E-state index contributed by atoms with van der Waals surface area (Å²) < 4.78 is 18.3. The second kappa shape index (κ2) is 13.3. The molecule has 0 saturated carbocycles. The van der Waals surface area contributed by atoms with Crippen molar-refractivity contribution in [2.24, 2.45) is 0 Å². The summed E-state index contributed by atoms with van der Waals surface area (Å²) >= 11 is 2.72. The molecule has 2 aliphatic rings. The summed E-state index contributed by atoms with van der Waals surface area (Å²) in [4.78, 5) is 28.9. The van der Waals surface area contributed by atoms with Gasteiger partial charge in [0.2, 0.25) is 5.13 Å². The fourth-order valence-corrected chi connectivity index (χ4v) is 7.27. The second-order valence-electron chi connectivity index (χ2n) is 10.7. The molecule has 3 aromatic carbocycles. The number of Topliss-reactive ketones (excluding diaryl/α,β-unsaturated/α-hetero) is 1. The molecule has 0 bridgehead atoms. The van der Waals surface area contributed by atoms with Crippen molar-refractivity contribution in [3.63, 3.8) is 0 Å². The van der Waals surface area contributed by atoms with Gasteiger partial charge in [-0.05, 0) is 67.3 Å². The van der Waals surface area contributed by atoms with Crippen LogP contribution in [-0.2, 0) is 21.8 Å². The zero-order chi connectivity index (χ0) is 31.5. The third-order valence-electron chi connectivity index (χ3n) is 7.47. The van der Waals surface area contributed by atoms with E-state index < -0.39 is 17.7 Å². The lowest BCUT2D eigenvalue weighted by atomic mass is 9.94. The Balaban J connectivity index is 1.43. The molecule has 4 aromatic rings. The van der Waals surface area contributed by atoms with E-state index >= 15 is 0 Å². The molecule has 232 valence electrons. The van der Waals surface area contributed by atoms with E-state index in [9.17, 15) is 14.7 Å². The molecule has 6 rings (SSSR count). The number of aliphatic hydroxyl groups is 1. The van der Waals surface area contributed by atoms with Gasteiger partial charge in [-0.3, -0.25) is 14.5 Å². The number of hydrogen-bond donors (Lipinski definition) is 1. The van der Waals surface area contributed by atoms with Crippen LogP contribution in [0.3, 0.4) is 0 Å². The first-order valence-corrected chi connectivity index (χ1v) is 16.7. The molecule has 0 aliphatic carbocycles. The first kappa shape index (κ1) is 30.7. The molecule has 2 aliphatic heterocycles. The van der Waals surface area contributed by atoms with E-state index in [2.05, 4.69) is 10.2 Å². The number of benzene rings is 3. The number of aromatic nitrogens is 2. The van der Waals surface area contributed by atoms with E-state index in [1.54, 1.807) is 30.3 Å². The van der Waals surface area contributed by atoms with E-state index in [-0.39, 0.29) is 22.6 Å². The van der Waals surface area contributed by atoms with E-state index in [0.717, 1.165) is 23.3 Å². The highest BCUT2D eigenvalue weighted by Gasteiger charge is 2.48. The SMILES string of the molecule is CCCOc1ccc([C@@H]2C(=C(O)c3ccc4c(c3)C[C@H](C)O4)C(=O)C(=O)N2c2nnc(SCc3ccccc3)s2)cc1OCC. The van der Waals surface area contributed by atoms with Crippen LogP contribution in [0.4, 0.5) is 5.13 Å². The van der Waals surface area contributed by atoms with Crippen LogP contribution in [0.25, 0.3) is 5.76 Å². The third kappa shape index (κ3) is 6.27. The standard InChI is InChI=1S/C34H33N3O6S2/c1-4-15-42-26-14-11-22(18-27(26)41-5-2)29-28(30(38)23-12-13-25-24(17-23)16-20(3)43-25)31(39)32(40)37(29)33-35-36-34(45-33)44-19-21-9-7-6-8-10-21/h6-14,17-18,20,29,38H,4-5,15-16,19H2,1-3H3/t20-,29+/m0/s1. The number of ether oxygens (including phenoxy) is 3. The van der Waals surface area contributed by atoms with Crippen LogP contribution in [0.5, 0.6) is 17.2 Å². The predicted octanol–water partition coefficient (Wildman–Crippen LogP) is 6.97. The molecule has 45 heavy (non-hydrogen) atoms. The monoisotopic (exact) mass is 643 g/mol. The number of amides is 1. The van der Waals surface area contributed by atoms with Crippen LogP contribution in [0.15, 0.2) is 76.6 Å². The van der Waals surface area contributed by atoms with Crippen molar-refractivity contribution in [1.29, 1.82) is 0 Å². The zero-order valence-electron chi connectivity index (χ0n) is 25.2. The molecule has 1 aromatic heterocycles. The zero-order valence-corrected chi connectivity index (χ0v) is 26.8. The lowest BCUT2D eigenvalue weighted by Gasteiger charge is -2.23. The molecule has 0 spiro atoms. The Kier molecular flexibility index (Phi) is 9.09. The number of ketones is 1. The first-order chi connectivity index (χ1) is 21.9. The summed E-state index contributed by atoms with van der Waals surface area (Å²) in [5.74, 6) is 0.595. The van der Waals surface area contributed by atoms with E-state index in [1.165, 1.54) is 28.0 Å². The Morgan fingerprint density at radius 2 is 1.87 bits per heavy atom. The Bertz CT molecular complexity index is 1760. The summed E-state index contributed by atoms with van der Waals surface area (Å²) in [6.07, 6.45) is 1.51. The minimum absolute atomic E-state index is 0.0137. The van der Waals surface area contributed by atoms with Gasteiger partial charge in [-0.25, -0.2) is 0 Å². The number of carbonyl (C=O) groups excluding carboxylic acids is 2. The number of fused-ring (bicyclic) bond motifs is 1. The minimum Gasteiger partial charge on any atom is -0.507 e. The lowest BCUT2D eigenvalue weighted by Crippen LogP contribution is -2.29. The van der Waals surface area contributed by atoms with Crippen LogP contribution < -0.4 is 19.1 Å². The van der Waals surface area contributed by atoms with Crippen molar-refractivity contribution in [2.45, 2.75) is 55.9 Å². The maximum absolute atomic E-state index is 13.8. The average molecular weight is 644 g/mol. The average Bonchev–Trinajstić information content (AvgIpc) is 3.74. The Morgan fingerprint density at radius 1 is 1.04 bits per heavy atom. The predicted molar refractivity (Wildman–Crippen MR) is 174 cm³/mol. The van der Waals surface area contributed by atoms with Crippen molar-refractivity contribution < 1.29 is 28.9 Å². The third-order valence-corrected chi connectivity index (χ3v) is 9.59. The molecule has 2 atom stereocenters. The quantitative estimate of drug-likeness (QED) is 0.0609. The van der Waals surface area contributed by atoms with E-state index in [4.69, 9.17) is 14.2 Å².